The number of benzene rings is 1. The van der Waals surface area contributed by atoms with Crippen molar-refractivity contribution in [1.82, 2.24) is 24.6 Å². The number of hydrogen-bond donors (Lipinski definition) is 1. The van der Waals surface area contributed by atoms with Gasteiger partial charge in [-0.25, -0.2) is 9.78 Å². The number of carbonyl (C=O) groups excluding carboxylic acids is 1. The average molecular weight is 384 g/mol. The van der Waals surface area contributed by atoms with Crippen LogP contribution < -0.4 is 5.32 Å². The molecule has 0 saturated carbocycles. The molecule has 0 radical (unpaired) electrons. The number of aromatic nitrogens is 4. The largest absolute Gasteiger partial charge is 0.367 e. The number of hydrogen-bond acceptors (Lipinski definition) is 6. The van der Waals surface area contributed by atoms with Gasteiger partial charge < -0.3 is 14.2 Å². The predicted octanol–water partition coefficient (Wildman–Crippen LogP) is 2.93. The van der Waals surface area contributed by atoms with Crippen molar-refractivity contribution in [2.45, 2.75) is 19.1 Å². The number of urea groups is 1. The maximum atomic E-state index is 12.7. The summed E-state index contributed by atoms with van der Waals surface area (Å²) in [5.41, 5.74) is 1.06. The van der Waals surface area contributed by atoms with E-state index in [0.29, 0.717) is 23.2 Å². The fourth-order valence-corrected chi connectivity index (χ4v) is 3.85. The van der Waals surface area contributed by atoms with E-state index in [9.17, 15) is 4.79 Å². The Morgan fingerprint density at radius 3 is 2.81 bits per heavy atom. The van der Waals surface area contributed by atoms with Crippen molar-refractivity contribution in [3.05, 3.63) is 48.3 Å². The third-order valence-electron chi connectivity index (χ3n) is 4.37. The first-order valence-corrected chi connectivity index (χ1v) is 9.49. The number of morpholine rings is 1. The molecule has 4 rings (SSSR count). The van der Waals surface area contributed by atoms with Crippen LogP contribution in [0.15, 0.2) is 42.7 Å². The molecule has 27 heavy (non-hydrogen) atoms. The van der Waals surface area contributed by atoms with Crippen molar-refractivity contribution in [1.29, 1.82) is 0 Å². The van der Waals surface area contributed by atoms with E-state index in [0.717, 1.165) is 11.4 Å². The highest BCUT2D eigenvalue weighted by atomic mass is 32.1. The summed E-state index contributed by atoms with van der Waals surface area (Å²) >= 11 is 1.30. The monoisotopic (exact) mass is 384 g/mol. The second kappa shape index (κ2) is 7.45. The van der Waals surface area contributed by atoms with Crippen molar-refractivity contribution in [3.63, 3.8) is 0 Å². The normalized spacial score (nSPS) is 19.9. The molecule has 2 aromatic heterocycles. The number of ether oxygens (including phenoxy) is 1. The molecular weight excluding hydrogens is 364 g/mol. The van der Waals surface area contributed by atoms with Crippen LogP contribution in [0.4, 0.5) is 9.93 Å². The zero-order valence-electron chi connectivity index (χ0n) is 15.1. The molecule has 140 valence electrons. The minimum atomic E-state index is -0.200. The van der Waals surface area contributed by atoms with E-state index >= 15 is 0 Å². The second-order valence-corrected chi connectivity index (χ2v) is 7.43. The minimum absolute atomic E-state index is 0.0488. The molecular formula is C18H20N6O2S. The first kappa shape index (κ1) is 17.6. The molecule has 1 fully saturated rings. The quantitative estimate of drug-likeness (QED) is 0.750. The first-order valence-electron chi connectivity index (χ1n) is 8.67. The molecule has 1 saturated heterocycles. The number of anilines is 1. The zero-order chi connectivity index (χ0) is 18.8. The highest BCUT2D eigenvalue weighted by Crippen LogP contribution is 2.27. The van der Waals surface area contributed by atoms with Gasteiger partial charge in [-0.2, -0.15) is 0 Å². The number of rotatable bonds is 3. The Labute approximate surface area is 160 Å². The first-order chi connectivity index (χ1) is 13.1. The maximum Gasteiger partial charge on any atom is 0.323 e. The molecule has 1 aliphatic heterocycles. The van der Waals surface area contributed by atoms with E-state index in [1.165, 1.54) is 11.3 Å². The molecule has 2 amide bonds. The lowest BCUT2D eigenvalue weighted by atomic mass is 10.1. The molecule has 1 aliphatic rings. The van der Waals surface area contributed by atoms with Crippen LogP contribution in [0.5, 0.6) is 0 Å². The molecule has 0 unspecified atom stereocenters. The molecule has 8 nitrogen and oxygen atoms in total. The maximum absolute atomic E-state index is 12.7. The second-order valence-electron chi connectivity index (χ2n) is 6.46. The summed E-state index contributed by atoms with van der Waals surface area (Å²) in [6.07, 6.45) is 3.35. The summed E-state index contributed by atoms with van der Waals surface area (Å²) in [5.74, 6) is 0.720. The zero-order valence-corrected chi connectivity index (χ0v) is 15.9. The van der Waals surface area contributed by atoms with E-state index < -0.39 is 0 Å². The highest BCUT2D eigenvalue weighted by molar-refractivity contribution is 7.18. The van der Waals surface area contributed by atoms with Crippen LogP contribution in [0.25, 0.3) is 10.8 Å². The Morgan fingerprint density at radius 2 is 2.07 bits per heavy atom. The Balaban J connectivity index is 1.45. The molecule has 3 aromatic rings. The van der Waals surface area contributed by atoms with E-state index in [1.54, 1.807) is 11.1 Å². The van der Waals surface area contributed by atoms with Crippen LogP contribution in [0.3, 0.4) is 0 Å². The number of nitrogens with one attached hydrogen (secondary N) is 1. The van der Waals surface area contributed by atoms with Gasteiger partial charge in [-0.15, -0.1) is 10.2 Å². The molecule has 0 spiro atoms. The summed E-state index contributed by atoms with van der Waals surface area (Å²) in [4.78, 5) is 18.7. The van der Waals surface area contributed by atoms with Gasteiger partial charge in [-0.3, -0.25) is 5.32 Å². The number of carbonyl (C=O) groups is 1. The van der Waals surface area contributed by atoms with Gasteiger partial charge in [0.1, 0.15) is 6.10 Å². The molecule has 1 aromatic carbocycles. The van der Waals surface area contributed by atoms with Gasteiger partial charge in [-0.1, -0.05) is 41.7 Å². The topological polar surface area (TPSA) is 85.2 Å². The van der Waals surface area contributed by atoms with Crippen molar-refractivity contribution >= 4 is 22.5 Å². The molecule has 9 heteroatoms. The van der Waals surface area contributed by atoms with Crippen molar-refractivity contribution in [2.75, 3.05) is 18.4 Å². The van der Waals surface area contributed by atoms with Gasteiger partial charge in [-0.05, 0) is 12.5 Å². The fraction of sp³-hybridized carbons (Fsp3) is 0.333. The van der Waals surface area contributed by atoms with Crippen LogP contribution in [0, 0.1) is 0 Å². The summed E-state index contributed by atoms with van der Waals surface area (Å²) in [6.45, 7) is 2.99. The van der Waals surface area contributed by atoms with Crippen LogP contribution in [0.2, 0.25) is 0 Å². The highest BCUT2D eigenvalue weighted by Gasteiger charge is 2.29. The number of amides is 2. The number of imidazole rings is 1. The molecule has 1 N–H and O–H groups in total. The lowest BCUT2D eigenvalue weighted by Crippen LogP contribution is -2.47. The van der Waals surface area contributed by atoms with E-state index in [4.69, 9.17) is 4.74 Å². The average Bonchev–Trinajstić information content (AvgIpc) is 3.30. The van der Waals surface area contributed by atoms with Crippen molar-refractivity contribution < 1.29 is 9.53 Å². The summed E-state index contributed by atoms with van der Waals surface area (Å²) in [6, 6.07) is 9.75. The van der Waals surface area contributed by atoms with Gasteiger partial charge in [0, 0.05) is 26.0 Å². The van der Waals surface area contributed by atoms with Gasteiger partial charge in [0.2, 0.25) is 5.13 Å². The summed E-state index contributed by atoms with van der Waals surface area (Å²) in [5, 5.41) is 12.2. The summed E-state index contributed by atoms with van der Waals surface area (Å²) in [7, 11) is 1.89. The minimum Gasteiger partial charge on any atom is -0.367 e. The smallest absolute Gasteiger partial charge is 0.323 e. The Kier molecular flexibility index (Phi) is 4.87. The number of aryl methyl sites for hydroxylation is 1. The Bertz CT molecular complexity index is 925. The SMILES string of the molecule is C[C@@H]1CN(C(=O)Nc2nnc(-c3nccn3C)s2)C[C@@H](c2ccccc2)O1. The van der Waals surface area contributed by atoms with Crippen molar-refractivity contribution in [2.24, 2.45) is 7.05 Å². The molecule has 0 bridgehead atoms. The molecule has 3 heterocycles. The lowest BCUT2D eigenvalue weighted by molar-refractivity contribution is -0.0642. The van der Waals surface area contributed by atoms with Crippen LogP contribution in [-0.4, -0.2) is 49.9 Å². The van der Waals surface area contributed by atoms with Crippen LogP contribution >= 0.6 is 11.3 Å². The number of nitrogens with zero attached hydrogens (tertiary/aromatic N) is 5. The standard InChI is InChI=1S/C18H20N6O2S/c1-12-10-24(11-14(26-12)13-6-4-3-5-7-13)18(25)20-17-22-21-16(27-17)15-19-8-9-23(15)2/h3-9,12,14H,10-11H2,1-2H3,(H,20,22,25)/t12-,14+/m1/s1. The van der Waals surface area contributed by atoms with Crippen LogP contribution in [-0.2, 0) is 11.8 Å². The van der Waals surface area contributed by atoms with Gasteiger partial charge in [0.15, 0.2) is 10.8 Å². The third-order valence-corrected chi connectivity index (χ3v) is 5.20. The van der Waals surface area contributed by atoms with Gasteiger partial charge >= 0.3 is 6.03 Å². The van der Waals surface area contributed by atoms with Crippen LogP contribution in [0.1, 0.15) is 18.6 Å². The van der Waals surface area contributed by atoms with E-state index in [2.05, 4.69) is 20.5 Å². The van der Waals surface area contributed by atoms with Gasteiger partial charge in [0.25, 0.3) is 0 Å². The van der Waals surface area contributed by atoms with Crippen molar-refractivity contribution in [3.8, 4) is 10.8 Å². The predicted molar refractivity (Wildman–Crippen MR) is 102 cm³/mol. The van der Waals surface area contributed by atoms with Gasteiger partial charge in [0.05, 0.1) is 12.6 Å². The Hall–Kier alpha value is -2.78. The van der Waals surface area contributed by atoms with E-state index in [-0.39, 0.29) is 18.2 Å². The summed E-state index contributed by atoms with van der Waals surface area (Å²) < 4.78 is 7.87. The third kappa shape index (κ3) is 3.83. The lowest BCUT2D eigenvalue weighted by Gasteiger charge is -2.36. The Morgan fingerprint density at radius 1 is 1.26 bits per heavy atom. The fourth-order valence-electron chi connectivity index (χ4n) is 3.08. The molecule has 0 aliphatic carbocycles. The van der Waals surface area contributed by atoms with E-state index in [1.807, 2.05) is 55.1 Å². The molecule has 2 atom stereocenters.